The van der Waals surface area contributed by atoms with Crippen LogP contribution in [0, 0.1) is 0 Å². The maximum Gasteiger partial charge on any atom is 0.336 e. The predicted octanol–water partition coefficient (Wildman–Crippen LogP) is 1.67. The monoisotopic (exact) mass is 181 g/mol. The molecule has 0 N–H and O–H groups in total. The molecule has 0 aromatic carbocycles. The first-order chi connectivity index (χ1) is 6.09. The first-order valence-electron chi connectivity index (χ1n) is 4.40. The molecular formula is C10H15NO2. The molecule has 3 nitrogen and oxygen atoms in total. The molecule has 0 bridgehead atoms. The average molecular weight is 181 g/mol. The second-order valence-corrected chi connectivity index (χ2v) is 3.36. The Labute approximate surface area is 78.7 Å². The van der Waals surface area contributed by atoms with Crippen molar-refractivity contribution in [3.8, 4) is 0 Å². The number of ether oxygens (including phenoxy) is 1. The standard InChI is InChI=1S/C10H15NO2/c1-8(2)13-10(12)9-5-4-6-11(3)7-9/h4,6-8H,5H2,1-3H3. The van der Waals surface area contributed by atoms with Gasteiger partial charge in [0.05, 0.1) is 11.7 Å². The van der Waals surface area contributed by atoms with E-state index in [1.807, 2.05) is 38.1 Å². The van der Waals surface area contributed by atoms with Crippen molar-refractivity contribution in [2.45, 2.75) is 26.4 Å². The zero-order chi connectivity index (χ0) is 9.84. The van der Waals surface area contributed by atoms with Gasteiger partial charge in [0.15, 0.2) is 0 Å². The van der Waals surface area contributed by atoms with E-state index in [4.69, 9.17) is 4.74 Å². The van der Waals surface area contributed by atoms with Gasteiger partial charge in [0.1, 0.15) is 0 Å². The van der Waals surface area contributed by atoms with Crippen molar-refractivity contribution in [1.29, 1.82) is 0 Å². The lowest BCUT2D eigenvalue weighted by atomic mass is 10.1. The van der Waals surface area contributed by atoms with Crippen LogP contribution in [0.1, 0.15) is 20.3 Å². The van der Waals surface area contributed by atoms with Crippen molar-refractivity contribution in [3.63, 3.8) is 0 Å². The third-order valence-electron chi connectivity index (χ3n) is 1.64. The van der Waals surface area contributed by atoms with E-state index in [9.17, 15) is 4.79 Å². The molecule has 0 fully saturated rings. The fourth-order valence-electron chi connectivity index (χ4n) is 1.11. The molecule has 1 aliphatic heterocycles. The smallest absolute Gasteiger partial charge is 0.336 e. The Balaban J connectivity index is 2.57. The fourth-order valence-corrected chi connectivity index (χ4v) is 1.11. The van der Waals surface area contributed by atoms with Crippen molar-refractivity contribution in [2.75, 3.05) is 7.05 Å². The van der Waals surface area contributed by atoms with Crippen molar-refractivity contribution in [1.82, 2.24) is 4.90 Å². The molecule has 13 heavy (non-hydrogen) atoms. The largest absolute Gasteiger partial charge is 0.460 e. The van der Waals surface area contributed by atoms with Gasteiger partial charge in [-0.05, 0) is 20.0 Å². The van der Waals surface area contributed by atoms with E-state index in [-0.39, 0.29) is 12.1 Å². The van der Waals surface area contributed by atoms with Crippen molar-refractivity contribution in [2.24, 2.45) is 0 Å². The minimum atomic E-state index is -0.216. The summed E-state index contributed by atoms with van der Waals surface area (Å²) in [4.78, 5) is 13.3. The number of carbonyl (C=O) groups excluding carboxylic acids is 1. The first kappa shape index (κ1) is 9.84. The Kier molecular flexibility index (Phi) is 3.12. The molecule has 0 unspecified atom stereocenters. The Hall–Kier alpha value is -1.25. The van der Waals surface area contributed by atoms with Gasteiger partial charge < -0.3 is 9.64 Å². The summed E-state index contributed by atoms with van der Waals surface area (Å²) in [5, 5.41) is 0. The zero-order valence-corrected chi connectivity index (χ0v) is 8.28. The Morgan fingerprint density at radius 1 is 1.62 bits per heavy atom. The van der Waals surface area contributed by atoms with Crippen LogP contribution in [0.5, 0.6) is 0 Å². The summed E-state index contributed by atoms with van der Waals surface area (Å²) in [6.07, 6.45) is 6.27. The van der Waals surface area contributed by atoms with E-state index in [1.165, 1.54) is 0 Å². The van der Waals surface area contributed by atoms with Crippen LogP contribution in [-0.4, -0.2) is 24.0 Å². The Bertz CT molecular complexity index is 254. The number of nitrogens with zero attached hydrogens (tertiary/aromatic N) is 1. The minimum absolute atomic E-state index is 0.0513. The fraction of sp³-hybridized carbons (Fsp3) is 0.500. The SMILES string of the molecule is CC(C)OC(=O)C1=CN(C)C=CC1. The molecule has 0 radical (unpaired) electrons. The van der Waals surface area contributed by atoms with Crippen LogP contribution in [0.3, 0.4) is 0 Å². The van der Waals surface area contributed by atoms with Gasteiger partial charge in [-0.25, -0.2) is 4.79 Å². The topological polar surface area (TPSA) is 29.5 Å². The van der Waals surface area contributed by atoms with Crippen molar-refractivity contribution in [3.05, 3.63) is 24.0 Å². The average Bonchev–Trinajstić information content (AvgIpc) is 2.03. The van der Waals surface area contributed by atoms with E-state index in [2.05, 4.69) is 0 Å². The lowest BCUT2D eigenvalue weighted by molar-refractivity contribution is -0.142. The number of hydrogen-bond donors (Lipinski definition) is 0. The van der Waals surface area contributed by atoms with E-state index >= 15 is 0 Å². The summed E-state index contributed by atoms with van der Waals surface area (Å²) < 4.78 is 5.07. The highest BCUT2D eigenvalue weighted by atomic mass is 16.5. The maximum absolute atomic E-state index is 11.4. The quantitative estimate of drug-likeness (QED) is 0.607. The van der Waals surface area contributed by atoms with E-state index in [0.29, 0.717) is 12.0 Å². The van der Waals surface area contributed by atoms with E-state index in [0.717, 1.165) is 0 Å². The molecule has 1 heterocycles. The Morgan fingerprint density at radius 3 is 2.85 bits per heavy atom. The van der Waals surface area contributed by atoms with Crippen LogP contribution >= 0.6 is 0 Å². The number of allylic oxidation sites excluding steroid dienone is 1. The normalized spacial score (nSPS) is 16.0. The highest BCUT2D eigenvalue weighted by molar-refractivity contribution is 5.89. The van der Waals surface area contributed by atoms with Crippen LogP contribution in [0.4, 0.5) is 0 Å². The van der Waals surface area contributed by atoms with Gasteiger partial charge >= 0.3 is 5.97 Å². The van der Waals surface area contributed by atoms with Crippen molar-refractivity contribution >= 4 is 5.97 Å². The molecule has 0 aliphatic carbocycles. The third-order valence-corrected chi connectivity index (χ3v) is 1.64. The molecule has 0 aromatic heterocycles. The lowest BCUT2D eigenvalue weighted by Crippen LogP contribution is -2.17. The van der Waals surface area contributed by atoms with Gasteiger partial charge in [0.25, 0.3) is 0 Å². The molecule has 0 aromatic rings. The molecule has 3 heteroatoms. The summed E-state index contributed by atoms with van der Waals surface area (Å²) in [6, 6.07) is 0. The van der Waals surface area contributed by atoms with Gasteiger partial charge in [-0.2, -0.15) is 0 Å². The number of hydrogen-bond acceptors (Lipinski definition) is 3. The summed E-state index contributed by atoms with van der Waals surface area (Å²) in [6.45, 7) is 3.70. The van der Waals surface area contributed by atoms with Crippen molar-refractivity contribution < 1.29 is 9.53 Å². The molecule has 0 atom stereocenters. The summed E-state index contributed by atoms with van der Waals surface area (Å²) in [7, 11) is 1.89. The molecule has 72 valence electrons. The van der Waals surface area contributed by atoms with Gasteiger partial charge in [-0.3, -0.25) is 0 Å². The van der Waals surface area contributed by atoms with Gasteiger partial charge in [0.2, 0.25) is 0 Å². The molecule has 0 spiro atoms. The zero-order valence-electron chi connectivity index (χ0n) is 8.28. The lowest BCUT2D eigenvalue weighted by Gasteiger charge is -2.16. The number of rotatable bonds is 2. The minimum Gasteiger partial charge on any atom is -0.460 e. The molecule has 0 saturated heterocycles. The predicted molar refractivity (Wildman–Crippen MR) is 50.8 cm³/mol. The number of carbonyl (C=O) groups is 1. The maximum atomic E-state index is 11.4. The molecular weight excluding hydrogens is 166 g/mol. The molecule has 0 saturated carbocycles. The van der Waals surface area contributed by atoms with E-state index < -0.39 is 0 Å². The summed E-state index contributed by atoms with van der Waals surface area (Å²) in [5.74, 6) is -0.216. The van der Waals surface area contributed by atoms with Crippen LogP contribution in [0.2, 0.25) is 0 Å². The van der Waals surface area contributed by atoms with Gasteiger partial charge in [0, 0.05) is 19.7 Å². The van der Waals surface area contributed by atoms with Gasteiger partial charge in [-0.15, -0.1) is 0 Å². The van der Waals surface area contributed by atoms with Crippen LogP contribution < -0.4 is 0 Å². The van der Waals surface area contributed by atoms with Gasteiger partial charge in [-0.1, -0.05) is 6.08 Å². The first-order valence-corrected chi connectivity index (χ1v) is 4.40. The molecule has 1 rings (SSSR count). The summed E-state index contributed by atoms with van der Waals surface area (Å²) >= 11 is 0. The highest BCUT2D eigenvalue weighted by Gasteiger charge is 2.13. The third kappa shape index (κ3) is 2.93. The van der Waals surface area contributed by atoms with E-state index in [1.54, 1.807) is 6.20 Å². The summed E-state index contributed by atoms with van der Waals surface area (Å²) in [5.41, 5.74) is 0.707. The second kappa shape index (κ2) is 4.12. The van der Waals surface area contributed by atoms with Crippen LogP contribution in [0.25, 0.3) is 0 Å². The molecule has 1 aliphatic rings. The highest BCUT2D eigenvalue weighted by Crippen LogP contribution is 2.12. The van der Waals surface area contributed by atoms with Crippen LogP contribution in [-0.2, 0) is 9.53 Å². The number of esters is 1. The second-order valence-electron chi connectivity index (χ2n) is 3.36. The Morgan fingerprint density at radius 2 is 2.31 bits per heavy atom. The van der Waals surface area contributed by atoms with Crippen LogP contribution in [0.15, 0.2) is 24.0 Å². The molecule has 0 amide bonds.